The largest absolute Gasteiger partial charge is 0.330 e. The highest BCUT2D eigenvalue weighted by molar-refractivity contribution is 4.88. The molecule has 1 heterocycles. The Hall–Kier alpha value is -0.640. The molecule has 0 saturated carbocycles. The van der Waals surface area contributed by atoms with E-state index < -0.39 is 0 Å². The number of allylic oxidation sites excluding steroid dienone is 4. The molecule has 0 saturated heterocycles. The first-order chi connectivity index (χ1) is 11.4. The highest BCUT2D eigenvalue weighted by Crippen LogP contribution is 2.07. The Morgan fingerprint density at radius 3 is 1.91 bits per heavy atom. The van der Waals surface area contributed by atoms with Crippen LogP contribution in [0.15, 0.2) is 24.3 Å². The van der Waals surface area contributed by atoms with E-state index >= 15 is 0 Å². The third kappa shape index (κ3) is 13.5. The van der Waals surface area contributed by atoms with Crippen LogP contribution in [0.4, 0.5) is 0 Å². The summed E-state index contributed by atoms with van der Waals surface area (Å²) in [5.41, 5.74) is 5.52. The molecule has 0 radical (unpaired) electrons. The van der Waals surface area contributed by atoms with Gasteiger partial charge < -0.3 is 16.0 Å². The molecule has 0 aromatic rings. The number of nitrogens with zero attached hydrogens (tertiary/aromatic N) is 1. The molecule has 1 aliphatic heterocycles. The average molecular weight is 322 g/mol. The Labute approximate surface area is 144 Å². The predicted molar refractivity (Wildman–Crippen MR) is 103 cm³/mol. The van der Waals surface area contributed by atoms with Crippen LogP contribution in [-0.4, -0.2) is 44.2 Å². The lowest BCUT2D eigenvalue weighted by Gasteiger charge is -2.22. The summed E-state index contributed by atoms with van der Waals surface area (Å²) >= 11 is 0. The van der Waals surface area contributed by atoms with E-state index in [4.69, 9.17) is 5.73 Å². The van der Waals surface area contributed by atoms with Crippen LogP contribution in [0.2, 0.25) is 0 Å². The minimum Gasteiger partial charge on any atom is -0.330 e. The first-order valence-corrected chi connectivity index (χ1v) is 9.86. The summed E-state index contributed by atoms with van der Waals surface area (Å²) < 4.78 is 0. The van der Waals surface area contributed by atoms with Crippen LogP contribution in [0.5, 0.6) is 0 Å². The average Bonchev–Trinajstić information content (AvgIpc) is 2.57. The third-order valence-electron chi connectivity index (χ3n) is 4.41. The maximum absolute atomic E-state index is 5.52. The maximum Gasteiger partial charge on any atom is -0.000664 e. The van der Waals surface area contributed by atoms with E-state index in [9.17, 15) is 0 Å². The van der Waals surface area contributed by atoms with Crippen molar-refractivity contribution in [1.29, 1.82) is 0 Å². The summed E-state index contributed by atoms with van der Waals surface area (Å²) in [6.45, 7) is 6.76. The van der Waals surface area contributed by atoms with Crippen LogP contribution < -0.4 is 11.1 Å². The molecule has 0 atom stereocenters. The Balaban J connectivity index is 2.22. The SMILES string of the molecule is NCCCNCCCN1CCCC/C=C\CC/C=C/CCCC1. The molecule has 134 valence electrons. The number of rotatable bonds is 7. The van der Waals surface area contributed by atoms with Crippen LogP contribution >= 0.6 is 0 Å². The van der Waals surface area contributed by atoms with Gasteiger partial charge in [0.2, 0.25) is 0 Å². The number of nitrogens with two attached hydrogens (primary N) is 1. The fourth-order valence-corrected chi connectivity index (χ4v) is 2.97. The third-order valence-corrected chi connectivity index (χ3v) is 4.41. The second-order valence-electron chi connectivity index (χ2n) is 6.60. The van der Waals surface area contributed by atoms with Crippen molar-refractivity contribution in [2.75, 3.05) is 39.3 Å². The Bertz CT molecular complexity index is 277. The van der Waals surface area contributed by atoms with Crippen molar-refractivity contribution >= 4 is 0 Å². The van der Waals surface area contributed by atoms with Crippen LogP contribution in [0.3, 0.4) is 0 Å². The summed E-state index contributed by atoms with van der Waals surface area (Å²) in [5, 5.41) is 3.49. The van der Waals surface area contributed by atoms with Gasteiger partial charge in [0.15, 0.2) is 0 Å². The molecule has 1 rings (SSSR count). The van der Waals surface area contributed by atoms with Crippen LogP contribution in [0.25, 0.3) is 0 Å². The van der Waals surface area contributed by atoms with Crippen molar-refractivity contribution < 1.29 is 0 Å². The zero-order valence-electron chi connectivity index (χ0n) is 15.1. The summed E-state index contributed by atoms with van der Waals surface area (Å²) in [5.74, 6) is 0. The molecule has 3 nitrogen and oxygen atoms in total. The van der Waals surface area contributed by atoms with Gasteiger partial charge in [0.05, 0.1) is 0 Å². The minimum atomic E-state index is 0.794. The highest BCUT2D eigenvalue weighted by atomic mass is 15.1. The fraction of sp³-hybridized carbons (Fsp3) is 0.800. The second-order valence-corrected chi connectivity index (χ2v) is 6.60. The minimum absolute atomic E-state index is 0.794. The Morgan fingerprint density at radius 2 is 1.30 bits per heavy atom. The fourth-order valence-electron chi connectivity index (χ4n) is 2.97. The van der Waals surface area contributed by atoms with E-state index in [0.29, 0.717) is 0 Å². The lowest BCUT2D eigenvalue weighted by atomic mass is 10.2. The van der Waals surface area contributed by atoms with Crippen molar-refractivity contribution in [3.05, 3.63) is 24.3 Å². The number of nitrogens with one attached hydrogen (secondary N) is 1. The van der Waals surface area contributed by atoms with E-state index in [1.165, 1.54) is 77.4 Å². The second kappa shape index (κ2) is 16.2. The van der Waals surface area contributed by atoms with Crippen molar-refractivity contribution in [2.45, 2.75) is 64.2 Å². The van der Waals surface area contributed by atoms with E-state index in [-0.39, 0.29) is 0 Å². The molecule has 3 heteroatoms. The van der Waals surface area contributed by atoms with E-state index in [1.54, 1.807) is 0 Å². The monoisotopic (exact) mass is 321 g/mol. The van der Waals surface area contributed by atoms with Gasteiger partial charge in [0, 0.05) is 0 Å². The van der Waals surface area contributed by atoms with Crippen LogP contribution in [0, 0.1) is 0 Å². The molecule has 0 spiro atoms. The Morgan fingerprint density at radius 1 is 0.739 bits per heavy atom. The molecular formula is C20H39N3. The smallest absolute Gasteiger partial charge is 0.000664 e. The summed E-state index contributed by atoms with van der Waals surface area (Å²) in [6, 6.07) is 0. The zero-order chi connectivity index (χ0) is 16.4. The highest BCUT2D eigenvalue weighted by Gasteiger charge is 2.04. The molecule has 1 aliphatic rings. The van der Waals surface area contributed by atoms with Crippen molar-refractivity contribution in [3.63, 3.8) is 0 Å². The molecule has 0 amide bonds. The number of hydrogen-bond donors (Lipinski definition) is 2. The lowest BCUT2D eigenvalue weighted by Crippen LogP contribution is -2.30. The quantitative estimate of drug-likeness (QED) is 0.552. The summed E-state index contributed by atoms with van der Waals surface area (Å²) in [4.78, 5) is 2.68. The van der Waals surface area contributed by atoms with Gasteiger partial charge in [0.1, 0.15) is 0 Å². The van der Waals surface area contributed by atoms with Crippen molar-refractivity contribution in [3.8, 4) is 0 Å². The Kier molecular flexibility index (Phi) is 14.4. The predicted octanol–water partition coefficient (Wildman–Crippen LogP) is 3.86. The van der Waals surface area contributed by atoms with E-state index in [2.05, 4.69) is 34.5 Å². The molecule has 0 aromatic heterocycles. The standard InChI is InChI=1S/C20H39N3/c21-15-13-16-22-17-14-20-23-18-11-9-7-5-3-1-2-4-6-8-10-12-19-23/h3-6,22H,1-2,7-21H2/b5-3-,6-4+. The van der Waals surface area contributed by atoms with Gasteiger partial charge in [-0.1, -0.05) is 24.3 Å². The molecule has 0 unspecified atom stereocenters. The molecule has 0 aromatic carbocycles. The molecule has 23 heavy (non-hydrogen) atoms. The van der Waals surface area contributed by atoms with Gasteiger partial charge >= 0.3 is 0 Å². The lowest BCUT2D eigenvalue weighted by molar-refractivity contribution is 0.259. The number of hydrogen-bond acceptors (Lipinski definition) is 3. The van der Waals surface area contributed by atoms with Gasteiger partial charge in [-0.3, -0.25) is 0 Å². The zero-order valence-corrected chi connectivity index (χ0v) is 15.1. The summed E-state index contributed by atoms with van der Waals surface area (Å²) in [7, 11) is 0. The van der Waals surface area contributed by atoms with Crippen molar-refractivity contribution in [1.82, 2.24) is 10.2 Å². The van der Waals surface area contributed by atoms with Crippen LogP contribution in [0.1, 0.15) is 64.2 Å². The van der Waals surface area contributed by atoms with E-state index in [0.717, 1.165) is 26.1 Å². The van der Waals surface area contributed by atoms with Gasteiger partial charge in [-0.2, -0.15) is 0 Å². The maximum atomic E-state index is 5.52. The first kappa shape index (κ1) is 20.4. The summed E-state index contributed by atoms with van der Waals surface area (Å²) in [6.07, 6.45) is 22.1. The van der Waals surface area contributed by atoms with E-state index in [1.807, 2.05) is 0 Å². The van der Waals surface area contributed by atoms with Crippen LogP contribution in [-0.2, 0) is 0 Å². The van der Waals surface area contributed by atoms with Gasteiger partial charge in [-0.15, -0.1) is 0 Å². The van der Waals surface area contributed by atoms with Gasteiger partial charge in [-0.05, 0) is 103 Å². The molecule has 0 aliphatic carbocycles. The van der Waals surface area contributed by atoms with Crippen molar-refractivity contribution in [2.24, 2.45) is 5.73 Å². The normalized spacial score (nSPS) is 22.1. The molecule has 3 N–H and O–H groups in total. The van der Waals surface area contributed by atoms with Gasteiger partial charge in [0.25, 0.3) is 0 Å². The molecule has 0 fully saturated rings. The first-order valence-electron chi connectivity index (χ1n) is 9.86. The molecular weight excluding hydrogens is 282 g/mol. The van der Waals surface area contributed by atoms with Gasteiger partial charge in [-0.25, -0.2) is 0 Å². The molecule has 0 bridgehead atoms. The topological polar surface area (TPSA) is 41.3 Å².